The monoisotopic (exact) mass is 286 g/mol. The second kappa shape index (κ2) is 6.18. The fraction of sp³-hybridized carbons (Fsp3) is 0.611. The van der Waals surface area contributed by atoms with Gasteiger partial charge in [-0.15, -0.1) is 0 Å². The molecular formula is C18H26N2O. The summed E-state index contributed by atoms with van der Waals surface area (Å²) in [7, 11) is 0. The molecule has 0 heterocycles. The number of carbonyl (C=O) groups excluding carboxylic acids is 1. The van der Waals surface area contributed by atoms with Crippen molar-refractivity contribution >= 4 is 5.91 Å². The molecule has 1 aromatic carbocycles. The van der Waals surface area contributed by atoms with Crippen molar-refractivity contribution in [2.45, 2.75) is 51.1 Å². The van der Waals surface area contributed by atoms with E-state index in [1.807, 2.05) is 18.2 Å². The molecule has 1 aromatic rings. The molecule has 0 aromatic heterocycles. The Morgan fingerprint density at radius 1 is 1.19 bits per heavy atom. The van der Waals surface area contributed by atoms with E-state index in [9.17, 15) is 4.79 Å². The van der Waals surface area contributed by atoms with E-state index < -0.39 is 0 Å². The highest BCUT2D eigenvalue weighted by atomic mass is 16.1. The van der Waals surface area contributed by atoms with E-state index in [4.69, 9.17) is 5.73 Å². The Morgan fingerprint density at radius 3 is 2.43 bits per heavy atom. The molecule has 21 heavy (non-hydrogen) atoms. The molecule has 0 saturated heterocycles. The SMILES string of the molecule is C[C@@H](NC(=O)C1CC2CCCC(C1)C2N)c1ccccc1. The van der Waals surface area contributed by atoms with E-state index in [1.165, 1.54) is 24.8 Å². The standard InChI is InChI=1S/C18H26N2O/c1-12(13-6-3-2-4-7-13)20-18(21)16-10-14-8-5-9-15(11-16)17(14)19/h2-4,6-7,12,14-17H,5,8-11,19H2,1H3,(H,20,21)/t12-,14?,15?,16?,17?/m1/s1. The summed E-state index contributed by atoms with van der Waals surface area (Å²) in [5, 5.41) is 3.19. The van der Waals surface area contributed by atoms with Gasteiger partial charge in [0.05, 0.1) is 6.04 Å². The molecule has 2 unspecified atom stereocenters. The first kappa shape index (κ1) is 14.6. The van der Waals surface area contributed by atoms with E-state index in [-0.39, 0.29) is 17.9 Å². The first-order chi connectivity index (χ1) is 10.1. The molecule has 2 saturated carbocycles. The number of benzene rings is 1. The van der Waals surface area contributed by atoms with Crippen LogP contribution in [0.1, 0.15) is 50.6 Å². The number of nitrogens with one attached hydrogen (secondary N) is 1. The van der Waals surface area contributed by atoms with Gasteiger partial charge < -0.3 is 11.1 Å². The van der Waals surface area contributed by atoms with E-state index in [1.54, 1.807) is 0 Å². The van der Waals surface area contributed by atoms with Crippen molar-refractivity contribution in [3.63, 3.8) is 0 Å². The number of carbonyl (C=O) groups is 1. The van der Waals surface area contributed by atoms with Crippen molar-refractivity contribution in [3.05, 3.63) is 35.9 Å². The maximum Gasteiger partial charge on any atom is 0.223 e. The lowest BCUT2D eigenvalue weighted by atomic mass is 9.65. The molecule has 0 spiro atoms. The summed E-state index contributed by atoms with van der Waals surface area (Å²) in [5.41, 5.74) is 7.47. The zero-order valence-corrected chi connectivity index (χ0v) is 12.8. The van der Waals surface area contributed by atoms with Crippen LogP contribution in [-0.2, 0) is 4.79 Å². The van der Waals surface area contributed by atoms with Gasteiger partial charge in [0, 0.05) is 12.0 Å². The van der Waals surface area contributed by atoms with Gasteiger partial charge in [-0.1, -0.05) is 36.8 Å². The van der Waals surface area contributed by atoms with Gasteiger partial charge in [-0.25, -0.2) is 0 Å². The number of amides is 1. The lowest BCUT2D eigenvalue weighted by molar-refractivity contribution is -0.128. The molecule has 3 heteroatoms. The topological polar surface area (TPSA) is 55.1 Å². The molecule has 3 atom stereocenters. The van der Waals surface area contributed by atoms with Crippen LogP contribution in [0.2, 0.25) is 0 Å². The van der Waals surface area contributed by atoms with Crippen LogP contribution < -0.4 is 11.1 Å². The van der Waals surface area contributed by atoms with Gasteiger partial charge in [0.1, 0.15) is 0 Å². The van der Waals surface area contributed by atoms with Crippen LogP contribution in [0.4, 0.5) is 0 Å². The van der Waals surface area contributed by atoms with Crippen molar-refractivity contribution < 1.29 is 4.79 Å². The zero-order valence-electron chi connectivity index (χ0n) is 12.8. The Labute approximate surface area is 127 Å². The second-order valence-electron chi connectivity index (χ2n) is 6.84. The third-order valence-corrected chi connectivity index (χ3v) is 5.44. The number of fused-ring (bicyclic) bond motifs is 2. The Hall–Kier alpha value is -1.35. The summed E-state index contributed by atoms with van der Waals surface area (Å²) in [5.74, 6) is 1.49. The fourth-order valence-electron chi connectivity index (χ4n) is 4.16. The highest BCUT2D eigenvalue weighted by Gasteiger charge is 2.40. The first-order valence-electron chi connectivity index (χ1n) is 8.26. The molecule has 3 N–H and O–H groups in total. The number of rotatable bonds is 3. The van der Waals surface area contributed by atoms with Crippen LogP contribution in [0.5, 0.6) is 0 Å². The van der Waals surface area contributed by atoms with Crippen molar-refractivity contribution in [2.24, 2.45) is 23.5 Å². The maximum absolute atomic E-state index is 12.6. The predicted molar refractivity (Wildman–Crippen MR) is 84.5 cm³/mol. The Bertz CT molecular complexity index is 473. The largest absolute Gasteiger partial charge is 0.349 e. The molecule has 2 bridgehead atoms. The lowest BCUT2D eigenvalue weighted by Crippen LogP contribution is -2.49. The van der Waals surface area contributed by atoms with Crippen molar-refractivity contribution in [2.75, 3.05) is 0 Å². The highest BCUT2D eigenvalue weighted by Crippen LogP contribution is 2.42. The van der Waals surface area contributed by atoms with Crippen LogP contribution in [0, 0.1) is 17.8 Å². The molecule has 0 aliphatic heterocycles. The molecule has 114 valence electrons. The van der Waals surface area contributed by atoms with Gasteiger partial charge in [-0.2, -0.15) is 0 Å². The Morgan fingerprint density at radius 2 is 1.81 bits per heavy atom. The van der Waals surface area contributed by atoms with E-state index in [2.05, 4.69) is 24.4 Å². The second-order valence-corrected chi connectivity index (χ2v) is 6.84. The van der Waals surface area contributed by atoms with E-state index in [0.717, 1.165) is 12.8 Å². The van der Waals surface area contributed by atoms with Gasteiger partial charge >= 0.3 is 0 Å². The molecule has 1 amide bonds. The van der Waals surface area contributed by atoms with Crippen LogP contribution in [0.25, 0.3) is 0 Å². The highest BCUT2D eigenvalue weighted by molar-refractivity contribution is 5.79. The molecule has 2 aliphatic rings. The average molecular weight is 286 g/mol. The van der Waals surface area contributed by atoms with Gasteiger partial charge in [-0.3, -0.25) is 4.79 Å². The van der Waals surface area contributed by atoms with E-state index >= 15 is 0 Å². The van der Waals surface area contributed by atoms with Gasteiger partial charge in [0.2, 0.25) is 5.91 Å². The molecular weight excluding hydrogens is 260 g/mol. The summed E-state index contributed by atoms with van der Waals surface area (Å²) < 4.78 is 0. The number of hydrogen-bond donors (Lipinski definition) is 2. The minimum absolute atomic E-state index is 0.0779. The average Bonchev–Trinajstić information content (AvgIpc) is 2.47. The molecule has 3 rings (SSSR count). The molecule has 2 fully saturated rings. The van der Waals surface area contributed by atoms with Crippen LogP contribution in [0.15, 0.2) is 30.3 Å². The summed E-state index contributed by atoms with van der Waals surface area (Å²) >= 11 is 0. The zero-order chi connectivity index (χ0) is 14.8. The Balaban J connectivity index is 1.61. The van der Waals surface area contributed by atoms with Crippen LogP contribution >= 0.6 is 0 Å². The summed E-state index contributed by atoms with van der Waals surface area (Å²) in [4.78, 5) is 12.6. The van der Waals surface area contributed by atoms with Crippen molar-refractivity contribution in [3.8, 4) is 0 Å². The normalized spacial score (nSPS) is 33.2. The Kier molecular flexibility index (Phi) is 4.29. The molecule has 3 nitrogen and oxygen atoms in total. The third kappa shape index (κ3) is 3.13. The number of nitrogens with two attached hydrogens (primary N) is 1. The first-order valence-corrected chi connectivity index (χ1v) is 8.26. The van der Waals surface area contributed by atoms with Gasteiger partial charge in [0.15, 0.2) is 0 Å². The van der Waals surface area contributed by atoms with Gasteiger partial charge in [-0.05, 0) is 50.0 Å². The predicted octanol–water partition coefficient (Wildman–Crippen LogP) is 3.02. The number of hydrogen-bond acceptors (Lipinski definition) is 2. The summed E-state index contributed by atoms with van der Waals surface area (Å²) in [6, 6.07) is 10.6. The lowest BCUT2D eigenvalue weighted by Gasteiger charge is -2.43. The van der Waals surface area contributed by atoms with Crippen molar-refractivity contribution in [1.82, 2.24) is 5.32 Å². The minimum atomic E-state index is 0.0779. The fourth-order valence-corrected chi connectivity index (χ4v) is 4.16. The quantitative estimate of drug-likeness (QED) is 0.897. The van der Waals surface area contributed by atoms with Crippen LogP contribution in [-0.4, -0.2) is 11.9 Å². The third-order valence-electron chi connectivity index (χ3n) is 5.44. The van der Waals surface area contributed by atoms with Gasteiger partial charge in [0.25, 0.3) is 0 Å². The smallest absolute Gasteiger partial charge is 0.223 e. The molecule has 0 radical (unpaired) electrons. The van der Waals surface area contributed by atoms with Crippen LogP contribution in [0.3, 0.4) is 0 Å². The summed E-state index contributed by atoms with van der Waals surface area (Å²) in [6.45, 7) is 2.06. The molecule has 2 aliphatic carbocycles. The maximum atomic E-state index is 12.6. The minimum Gasteiger partial charge on any atom is -0.349 e. The van der Waals surface area contributed by atoms with Crippen molar-refractivity contribution in [1.29, 1.82) is 0 Å². The summed E-state index contributed by atoms with van der Waals surface area (Å²) in [6.07, 6.45) is 5.65. The van der Waals surface area contributed by atoms with E-state index in [0.29, 0.717) is 17.9 Å².